The molecule has 0 aliphatic heterocycles. The first kappa shape index (κ1) is 22.5. The van der Waals surface area contributed by atoms with Crippen LogP contribution in [0.1, 0.15) is 18.1 Å². The van der Waals surface area contributed by atoms with Crippen LogP contribution in [-0.2, 0) is 14.8 Å². The molecule has 2 rings (SSSR count). The van der Waals surface area contributed by atoms with E-state index in [1.165, 1.54) is 0 Å². The lowest BCUT2D eigenvalue weighted by molar-refractivity contribution is -0.119. The summed E-state index contributed by atoms with van der Waals surface area (Å²) < 4.78 is 36.4. The molecule has 0 atom stereocenters. The highest BCUT2D eigenvalue weighted by atomic mass is 32.2. The fraction of sp³-hybridized carbons (Fsp3) is 0.381. The van der Waals surface area contributed by atoms with Crippen LogP contribution < -0.4 is 19.1 Å². The van der Waals surface area contributed by atoms with Gasteiger partial charge in [-0.3, -0.25) is 9.10 Å². The molecule has 0 spiro atoms. The average Bonchev–Trinajstić information content (AvgIpc) is 2.66. The van der Waals surface area contributed by atoms with E-state index in [-0.39, 0.29) is 19.7 Å². The van der Waals surface area contributed by atoms with E-state index in [1.807, 2.05) is 39.0 Å². The van der Waals surface area contributed by atoms with E-state index in [2.05, 4.69) is 5.32 Å². The Hall–Kier alpha value is -2.74. The highest BCUT2D eigenvalue weighted by Gasteiger charge is 2.20. The van der Waals surface area contributed by atoms with Crippen LogP contribution in [0.3, 0.4) is 0 Å². The summed E-state index contributed by atoms with van der Waals surface area (Å²) in [5.41, 5.74) is 2.58. The molecule has 2 aromatic carbocycles. The summed E-state index contributed by atoms with van der Waals surface area (Å²) in [6.07, 6.45) is 1.07. The summed E-state index contributed by atoms with van der Waals surface area (Å²) >= 11 is 0. The molecule has 0 aliphatic carbocycles. The van der Waals surface area contributed by atoms with Gasteiger partial charge in [0, 0.05) is 0 Å². The predicted molar refractivity (Wildman–Crippen MR) is 114 cm³/mol. The molecule has 0 aromatic heterocycles. The number of rotatable bonds is 10. The Kier molecular flexibility index (Phi) is 7.90. The molecule has 0 bridgehead atoms. The van der Waals surface area contributed by atoms with Gasteiger partial charge in [-0.25, -0.2) is 8.42 Å². The van der Waals surface area contributed by atoms with Crippen molar-refractivity contribution in [1.82, 2.24) is 5.32 Å². The van der Waals surface area contributed by atoms with Crippen molar-refractivity contribution in [3.63, 3.8) is 0 Å². The van der Waals surface area contributed by atoms with Crippen molar-refractivity contribution in [2.75, 3.05) is 36.9 Å². The Labute approximate surface area is 172 Å². The molecule has 0 saturated carbocycles. The van der Waals surface area contributed by atoms with Crippen LogP contribution in [0.25, 0.3) is 0 Å². The standard InChI is InChI=1S/C21H28N2O5S/c1-5-27-19-11-9-18(10-12-19)23(29(4,25)26)15-21(24)22-13-14-28-20-8-6-7-16(2)17(20)3/h6-12H,5,13-15H2,1-4H3,(H,22,24). The van der Waals surface area contributed by atoms with Crippen LogP contribution in [-0.4, -0.2) is 46.9 Å². The van der Waals surface area contributed by atoms with Crippen molar-refractivity contribution in [3.05, 3.63) is 53.6 Å². The Morgan fingerprint density at radius 3 is 2.38 bits per heavy atom. The second kappa shape index (κ2) is 10.2. The molecule has 0 unspecified atom stereocenters. The number of hydrogen-bond acceptors (Lipinski definition) is 5. The number of amides is 1. The zero-order valence-electron chi connectivity index (χ0n) is 17.3. The van der Waals surface area contributed by atoms with Crippen LogP contribution in [0.2, 0.25) is 0 Å². The number of anilines is 1. The van der Waals surface area contributed by atoms with E-state index in [4.69, 9.17) is 9.47 Å². The molecule has 29 heavy (non-hydrogen) atoms. The Bertz CT molecular complexity index is 927. The van der Waals surface area contributed by atoms with Gasteiger partial charge in [0.1, 0.15) is 24.7 Å². The van der Waals surface area contributed by atoms with Gasteiger partial charge in [0.15, 0.2) is 0 Å². The van der Waals surface area contributed by atoms with Crippen molar-refractivity contribution < 1.29 is 22.7 Å². The smallest absolute Gasteiger partial charge is 0.240 e. The second-order valence-corrected chi connectivity index (χ2v) is 8.50. The van der Waals surface area contributed by atoms with E-state index in [0.29, 0.717) is 18.0 Å². The Morgan fingerprint density at radius 2 is 1.76 bits per heavy atom. The summed E-state index contributed by atoms with van der Waals surface area (Å²) in [5.74, 6) is 0.998. The quantitative estimate of drug-likeness (QED) is 0.598. The van der Waals surface area contributed by atoms with Crippen molar-refractivity contribution in [1.29, 1.82) is 0 Å². The lowest BCUT2D eigenvalue weighted by atomic mass is 10.1. The summed E-state index contributed by atoms with van der Waals surface area (Å²) in [4.78, 5) is 12.3. The third-order valence-electron chi connectivity index (χ3n) is 4.36. The number of hydrogen-bond donors (Lipinski definition) is 1. The SMILES string of the molecule is CCOc1ccc(N(CC(=O)NCCOc2cccc(C)c2C)S(C)(=O)=O)cc1. The molecular weight excluding hydrogens is 392 g/mol. The molecule has 1 amide bonds. The highest BCUT2D eigenvalue weighted by Crippen LogP contribution is 2.22. The largest absolute Gasteiger partial charge is 0.494 e. The molecule has 0 aliphatic rings. The maximum Gasteiger partial charge on any atom is 0.240 e. The zero-order chi connectivity index (χ0) is 21.4. The minimum atomic E-state index is -3.62. The Balaban J connectivity index is 1.92. The maximum atomic E-state index is 12.3. The van der Waals surface area contributed by atoms with Gasteiger partial charge in [-0.2, -0.15) is 0 Å². The minimum Gasteiger partial charge on any atom is -0.494 e. The van der Waals surface area contributed by atoms with Gasteiger partial charge in [-0.05, 0) is 62.2 Å². The summed E-state index contributed by atoms with van der Waals surface area (Å²) in [5, 5.41) is 2.70. The van der Waals surface area contributed by atoms with Crippen LogP contribution in [0.15, 0.2) is 42.5 Å². The fourth-order valence-corrected chi connectivity index (χ4v) is 3.55. The molecular formula is C21H28N2O5S. The first-order valence-corrected chi connectivity index (χ1v) is 11.2. The van der Waals surface area contributed by atoms with Crippen molar-refractivity contribution in [2.24, 2.45) is 0 Å². The van der Waals surface area contributed by atoms with E-state index in [0.717, 1.165) is 27.4 Å². The Morgan fingerprint density at radius 1 is 1.07 bits per heavy atom. The molecule has 7 nitrogen and oxygen atoms in total. The number of nitrogens with zero attached hydrogens (tertiary/aromatic N) is 1. The van der Waals surface area contributed by atoms with Gasteiger partial charge in [0.25, 0.3) is 0 Å². The first-order valence-electron chi connectivity index (χ1n) is 9.38. The van der Waals surface area contributed by atoms with E-state index in [9.17, 15) is 13.2 Å². The van der Waals surface area contributed by atoms with Crippen LogP contribution >= 0.6 is 0 Å². The maximum absolute atomic E-state index is 12.3. The number of aryl methyl sites for hydroxylation is 1. The number of ether oxygens (including phenoxy) is 2. The fourth-order valence-electron chi connectivity index (χ4n) is 2.69. The highest BCUT2D eigenvalue weighted by molar-refractivity contribution is 7.92. The molecule has 8 heteroatoms. The molecule has 158 valence electrons. The molecule has 0 heterocycles. The first-order chi connectivity index (χ1) is 13.7. The number of benzene rings is 2. The van der Waals surface area contributed by atoms with Crippen molar-refractivity contribution in [2.45, 2.75) is 20.8 Å². The van der Waals surface area contributed by atoms with E-state index in [1.54, 1.807) is 24.3 Å². The molecule has 1 N–H and O–H groups in total. The number of carbonyl (C=O) groups is 1. The monoisotopic (exact) mass is 420 g/mol. The van der Waals surface area contributed by atoms with E-state index < -0.39 is 15.9 Å². The number of carbonyl (C=O) groups excluding carboxylic acids is 1. The number of sulfonamides is 1. The van der Waals surface area contributed by atoms with Gasteiger partial charge in [-0.1, -0.05) is 12.1 Å². The molecule has 0 saturated heterocycles. The van der Waals surface area contributed by atoms with Crippen LogP contribution in [0.5, 0.6) is 11.5 Å². The lowest BCUT2D eigenvalue weighted by Crippen LogP contribution is -2.41. The predicted octanol–water partition coefficient (Wildman–Crippen LogP) is 2.66. The average molecular weight is 421 g/mol. The third-order valence-corrected chi connectivity index (χ3v) is 5.50. The van der Waals surface area contributed by atoms with Gasteiger partial charge in [-0.15, -0.1) is 0 Å². The van der Waals surface area contributed by atoms with Gasteiger partial charge < -0.3 is 14.8 Å². The summed E-state index contributed by atoms with van der Waals surface area (Å²) in [6.45, 7) is 6.61. The molecule has 0 radical (unpaired) electrons. The lowest BCUT2D eigenvalue weighted by Gasteiger charge is -2.22. The number of nitrogens with one attached hydrogen (secondary N) is 1. The molecule has 2 aromatic rings. The van der Waals surface area contributed by atoms with Crippen LogP contribution in [0, 0.1) is 13.8 Å². The van der Waals surface area contributed by atoms with Crippen LogP contribution in [0.4, 0.5) is 5.69 Å². The normalized spacial score (nSPS) is 11.0. The van der Waals surface area contributed by atoms with E-state index >= 15 is 0 Å². The molecule has 0 fully saturated rings. The van der Waals surface area contributed by atoms with Gasteiger partial charge in [0.2, 0.25) is 15.9 Å². The van der Waals surface area contributed by atoms with Crippen molar-refractivity contribution in [3.8, 4) is 11.5 Å². The minimum absolute atomic E-state index is 0.271. The second-order valence-electron chi connectivity index (χ2n) is 6.59. The zero-order valence-corrected chi connectivity index (χ0v) is 18.1. The summed E-state index contributed by atoms with van der Waals surface area (Å²) in [7, 11) is -3.62. The van der Waals surface area contributed by atoms with Gasteiger partial charge in [0.05, 0.1) is 25.1 Å². The topological polar surface area (TPSA) is 84.9 Å². The van der Waals surface area contributed by atoms with Gasteiger partial charge >= 0.3 is 0 Å². The third kappa shape index (κ3) is 6.67. The summed E-state index contributed by atoms with van der Waals surface area (Å²) in [6, 6.07) is 12.4. The van der Waals surface area contributed by atoms with Crippen molar-refractivity contribution >= 4 is 21.6 Å².